The first-order valence-corrected chi connectivity index (χ1v) is 4.80. The minimum atomic E-state index is -2.91. The summed E-state index contributed by atoms with van der Waals surface area (Å²) in [5, 5.41) is 17.3. The average Bonchev–Trinajstić information content (AvgIpc) is 2.16. The predicted molar refractivity (Wildman–Crippen MR) is 55.8 cm³/mol. The van der Waals surface area contributed by atoms with Gasteiger partial charge in [-0.05, 0) is 34.7 Å². The Bertz CT molecular complexity index is 454. The van der Waals surface area contributed by atoms with Crippen LogP contribution in [0.4, 0.5) is 8.78 Å². The summed E-state index contributed by atoms with van der Waals surface area (Å²) < 4.78 is 25.2. The van der Waals surface area contributed by atoms with Gasteiger partial charge in [0.2, 0.25) is 0 Å². The zero-order valence-corrected chi connectivity index (χ0v) is 9.33. The molecular formula is C9H4F2INO2. The van der Waals surface area contributed by atoms with Gasteiger partial charge in [0.25, 0.3) is 6.43 Å². The second-order valence-electron chi connectivity index (χ2n) is 2.61. The second kappa shape index (κ2) is 4.53. The molecule has 0 aromatic heterocycles. The average molecular weight is 323 g/mol. The number of alkyl halides is 2. The van der Waals surface area contributed by atoms with Crippen molar-refractivity contribution in [1.29, 1.82) is 5.26 Å². The van der Waals surface area contributed by atoms with Crippen molar-refractivity contribution in [3.05, 3.63) is 32.4 Å². The number of hydrogen-bond acceptors (Lipinski definition) is 2. The molecule has 1 aromatic carbocycles. The summed E-state index contributed by atoms with van der Waals surface area (Å²) in [7, 11) is 0. The lowest BCUT2D eigenvalue weighted by Crippen LogP contribution is -2.06. The van der Waals surface area contributed by atoms with Crippen LogP contribution < -0.4 is 0 Å². The molecule has 0 aliphatic carbocycles. The predicted octanol–water partition coefficient (Wildman–Crippen LogP) is 2.80. The van der Waals surface area contributed by atoms with Gasteiger partial charge in [0.05, 0.1) is 11.1 Å². The lowest BCUT2D eigenvalue weighted by atomic mass is 10.0. The molecule has 0 spiro atoms. The smallest absolute Gasteiger partial charge is 0.336 e. The van der Waals surface area contributed by atoms with Crippen LogP contribution in [0, 0.1) is 14.9 Å². The third-order valence-electron chi connectivity index (χ3n) is 1.75. The van der Waals surface area contributed by atoms with E-state index in [9.17, 15) is 13.6 Å². The number of carboxylic acid groups (broad SMARTS) is 1. The quantitative estimate of drug-likeness (QED) is 0.852. The van der Waals surface area contributed by atoms with E-state index in [2.05, 4.69) is 0 Å². The maximum atomic E-state index is 12.6. The Balaban J connectivity index is 3.53. The topological polar surface area (TPSA) is 61.1 Å². The third kappa shape index (κ3) is 2.23. The number of benzene rings is 1. The summed E-state index contributed by atoms with van der Waals surface area (Å²) >= 11 is 1.55. The molecule has 78 valence electrons. The highest BCUT2D eigenvalue weighted by atomic mass is 127. The van der Waals surface area contributed by atoms with Crippen LogP contribution >= 0.6 is 22.6 Å². The number of halogens is 3. The molecule has 0 heterocycles. The normalized spacial score (nSPS) is 10.1. The molecule has 1 N–H and O–H groups in total. The molecule has 0 amide bonds. The fourth-order valence-corrected chi connectivity index (χ4v) is 1.91. The highest BCUT2D eigenvalue weighted by Crippen LogP contribution is 2.30. The van der Waals surface area contributed by atoms with Gasteiger partial charge in [-0.15, -0.1) is 0 Å². The highest BCUT2D eigenvalue weighted by molar-refractivity contribution is 14.1. The second-order valence-corrected chi connectivity index (χ2v) is 3.68. The van der Waals surface area contributed by atoms with Crippen molar-refractivity contribution in [1.82, 2.24) is 0 Å². The van der Waals surface area contributed by atoms with Gasteiger partial charge in [-0.3, -0.25) is 0 Å². The van der Waals surface area contributed by atoms with E-state index in [-0.39, 0.29) is 9.13 Å². The van der Waals surface area contributed by atoms with Gasteiger partial charge < -0.3 is 5.11 Å². The van der Waals surface area contributed by atoms with Crippen molar-refractivity contribution in [2.24, 2.45) is 0 Å². The van der Waals surface area contributed by atoms with E-state index in [0.717, 1.165) is 6.07 Å². The van der Waals surface area contributed by atoms with Crippen molar-refractivity contribution in [3.8, 4) is 6.07 Å². The largest absolute Gasteiger partial charge is 0.478 e. The summed E-state index contributed by atoms with van der Waals surface area (Å²) in [6.45, 7) is 0. The van der Waals surface area contributed by atoms with E-state index in [1.807, 2.05) is 0 Å². The summed E-state index contributed by atoms with van der Waals surface area (Å²) in [5.74, 6) is -1.42. The highest BCUT2D eigenvalue weighted by Gasteiger charge is 2.22. The Morgan fingerprint density at radius 3 is 2.53 bits per heavy atom. The molecule has 0 aliphatic rings. The number of aromatic carboxylic acids is 1. The SMILES string of the molecule is N#Cc1ccc(C(=O)O)c(C(F)F)c1I. The maximum absolute atomic E-state index is 12.6. The van der Waals surface area contributed by atoms with Crippen molar-refractivity contribution >= 4 is 28.6 Å². The molecule has 1 rings (SSSR count). The Kier molecular flexibility index (Phi) is 3.57. The summed E-state index contributed by atoms with van der Waals surface area (Å²) in [5.41, 5.74) is -1.01. The van der Waals surface area contributed by atoms with Gasteiger partial charge in [0.1, 0.15) is 6.07 Å². The molecule has 0 radical (unpaired) electrons. The maximum Gasteiger partial charge on any atom is 0.336 e. The fourth-order valence-electron chi connectivity index (χ4n) is 1.08. The van der Waals surface area contributed by atoms with Crippen molar-refractivity contribution in [2.45, 2.75) is 6.43 Å². The Labute approximate surface area is 97.5 Å². The number of nitrogens with zero attached hydrogens (tertiary/aromatic N) is 1. The molecule has 0 atom stereocenters. The fraction of sp³-hybridized carbons (Fsp3) is 0.111. The van der Waals surface area contributed by atoms with Gasteiger partial charge in [0, 0.05) is 9.13 Å². The summed E-state index contributed by atoms with van der Waals surface area (Å²) in [6.07, 6.45) is -2.91. The lowest BCUT2D eigenvalue weighted by molar-refractivity contribution is 0.0684. The van der Waals surface area contributed by atoms with E-state index in [4.69, 9.17) is 10.4 Å². The third-order valence-corrected chi connectivity index (χ3v) is 2.91. The zero-order valence-electron chi connectivity index (χ0n) is 7.17. The van der Waals surface area contributed by atoms with Gasteiger partial charge in [-0.25, -0.2) is 13.6 Å². The monoisotopic (exact) mass is 323 g/mol. The first-order chi connectivity index (χ1) is 6.99. The van der Waals surface area contributed by atoms with E-state index < -0.39 is 23.5 Å². The van der Waals surface area contributed by atoms with Crippen LogP contribution in [-0.2, 0) is 0 Å². The number of nitriles is 1. The van der Waals surface area contributed by atoms with E-state index in [0.29, 0.717) is 0 Å². The number of carboxylic acids is 1. The van der Waals surface area contributed by atoms with E-state index >= 15 is 0 Å². The standard InChI is InChI=1S/C9H4F2INO2/c10-8(11)6-5(9(14)15)2-1-4(3-13)7(6)12/h1-2,8H,(H,14,15). The molecule has 1 aromatic rings. The van der Waals surface area contributed by atoms with Crippen molar-refractivity contribution in [2.75, 3.05) is 0 Å². The first kappa shape index (κ1) is 11.8. The number of carbonyl (C=O) groups is 1. The van der Waals surface area contributed by atoms with Crippen LogP contribution in [-0.4, -0.2) is 11.1 Å². The van der Waals surface area contributed by atoms with Crippen LogP contribution in [0.2, 0.25) is 0 Å². The molecule has 0 bridgehead atoms. The van der Waals surface area contributed by atoms with Crippen molar-refractivity contribution < 1.29 is 18.7 Å². The van der Waals surface area contributed by atoms with Crippen LogP contribution in [0.15, 0.2) is 12.1 Å². The van der Waals surface area contributed by atoms with Gasteiger partial charge in [0.15, 0.2) is 0 Å². The molecule has 0 fully saturated rings. The minimum Gasteiger partial charge on any atom is -0.478 e. The molecule has 0 aliphatic heterocycles. The Morgan fingerprint density at radius 1 is 1.53 bits per heavy atom. The van der Waals surface area contributed by atoms with Crippen molar-refractivity contribution in [3.63, 3.8) is 0 Å². The molecule has 6 heteroatoms. The first-order valence-electron chi connectivity index (χ1n) is 3.73. The van der Waals surface area contributed by atoms with Crippen LogP contribution in [0.25, 0.3) is 0 Å². The van der Waals surface area contributed by atoms with Gasteiger partial charge in [-0.2, -0.15) is 5.26 Å². The number of rotatable bonds is 2. The lowest BCUT2D eigenvalue weighted by Gasteiger charge is -2.08. The molecule has 15 heavy (non-hydrogen) atoms. The van der Waals surface area contributed by atoms with Crippen LogP contribution in [0.1, 0.15) is 27.9 Å². The molecule has 0 saturated carbocycles. The zero-order chi connectivity index (χ0) is 11.6. The molecule has 3 nitrogen and oxygen atoms in total. The molecular weight excluding hydrogens is 319 g/mol. The number of hydrogen-bond donors (Lipinski definition) is 1. The van der Waals surface area contributed by atoms with E-state index in [1.165, 1.54) is 6.07 Å². The van der Waals surface area contributed by atoms with Gasteiger partial charge in [-0.1, -0.05) is 0 Å². The Morgan fingerprint density at radius 2 is 2.13 bits per heavy atom. The molecule has 0 saturated heterocycles. The minimum absolute atomic E-state index is 0.00926. The Hall–Kier alpha value is -1.23. The van der Waals surface area contributed by atoms with Crippen LogP contribution in [0.5, 0.6) is 0 Å². The van der Waals surface area contributed by atoms with Crippen LogP contribution in [0.3, 0.4) is 0 Å². The molecule has 0 unspecified atom stereocenters. The summed E-state index contributed by atoms with van der Waals surface area (Å²) in [4.78, 5) is 10.7. The summed E-state index contributed by atoms with van der Waals surface area (Å²) in [6, 6.07) is 3.96. The van der Waals surface area contributed by atoms with E-state index in [1.54, 1.807) is 28.7 Å². The van der Waals surface area contributed by atoms with Gasteiger partial charge >= 0.3 is 5.97 Å².